The molecule has 0 aliphatic rings. The van der Waals surface area contributed by atoms with Gasteiger partial charge in [0.1, 0.15) is 11.6 Å². The largest absolute Gasteiger partial charge is 0.451 e. The lowest BCUT2D eigenvalue weighted by molar-refractivity contribution is -0.384. The topological polar surface area (TPSA) is 98.3 Å². The first-order chi connectivity index (χ1) is 11.9. The zero-order valence-corrected chi connectivity index (χ0v) is 15.2. The lowest BCUT2D eigenvalue weighted by atomic mass is 10.1. The Hall–Kier alpha value is -2.75. The summed E-state index contributed by atoms with van der Waals surface area (Å²) in [6.45, 7) is 1.85. The fourth-order valence-electron chi connectivity index (χ4n) is 2.18. The molecule has 126 valence electrons. The number of carbonyl (C=O) groups is 1. The molecule has 0 radical (unpaired) electrons. The average molecular weight is 449 g/mol. The van der Waals surface area contributed by atoms with Crippen molar-refractivity contribution < 1.29 is 14.1 Å². The predicted octanol–water partition coefficient (Wildman–Crippen LogP) is 4.42. The molecule has 0 atom stereocenters. The normalized spacial score (nSPS) is 10.5. The van der Waals surface area contributed by atoms with E-state index in [0.29, 0.717) is 17.1 Å². The minimum atomic E-state index is -0.481. The number of furan rings is 1. The van der Waals surface area contributed by atoms with Gasteiger partial charge >= 0.3 is 0 Å². The molecule has 1 amide bonds. The number of hydrogen-bond donors (Lipinski definition) is 1. The van der Waals surface area contributed by atoms with Crippen LogP contribution in [0.3, 0.4) is 0 Å². The highest BCUT2D eigenvalue weighted by atomic mass is 127. The van der Waals surface area contributed by atoms with Crippen LogP contribution in [-0.2, 0) is 0 Å². The highest BCUT2D eigenvalue weighted by Gasteiger charge is 2.15. The zero-order chi connectivity index (χ0) is 18.0. The molecular formula is C17H12IN3O4. The SMILES string of the molecule is Cc1nc(NC(=O)c2ccc(-c3cccc([N+](=O)[O-])c3)o2)ccc1I. The van der Waals surface area contributed by atoms with Crippen molar-refractivity contribution in [2.24, 2.45) is 0 Å². The molecule has 0 saturated heterocycles. The summed E-state index contributed by atoms with van der Waals surface area (Å²) >= 11 is 2.16. The molecule has 8 heteroatoms. The molecule has 0 spiro atoms. The smallest absolute Gasteiger partial charge is 0.292 e. The van der Waals surface area contributed by atoms with E-state index in [9.17, 15) is 14.9 Å². The van der Waals surface area contributed by atoms with Gasteiger partial charge in [-0.3, -0.25) is 14.9 Å². The second kappa shape index (κ2) is 7.01. The van der Waals surface area contributed by atoms with Crippen LogP contribution < -0.4 is 5.32 Å². The number of non-ortho nitro benzene ring substituents is 1. The van der Waals surface area contributed by atoms with E-state index < -0.39 is 10.8 Å². The summed E-state index contributed by atoms with van der Waals surface area (Å²) in [7, 11) is 0. The Bertz CT molecular complexity index is 968. The third kappa shape index (κ3) is 3.85. The number of nitrogens with zero attached hydrogens (tertiary/aromatic N) is 2. The predicted molar refractivity (Wildman–Crippen MR) is 100 cm³/mol. The minimum absolute atomic E-state index is 0.0431. The molecule has 3 aromatic rings. The Morgan fingerprint density at radius 2 is 2.04 bits per heavy atom. The Kier molecular flexibility index (Phi) is 4.79. The first kappa shape index (κ1) is 17.1. The molecule has 0 aliphatic heterocycles. The highest BCUT2D eigenvalue weighted by Crippen LogP contribution is 2.26. The van der Waals surface area contributed by atoms with Gasteiger partial charge in [0, 0.05) is 21.3 Å². The Morgan fingerprint density at radius 1 is 1.24 bits per heavy atom. The number of aromatic nitrogens is 1. The van der Waals surface area contributed by atoms with Crippen LogP contribution in [0.15, 0.2) is 52.9 Å². The number of pyridine rings is 1. The van der Waals surface area contributed by atoms with Crippen LogP contribution in [-0.4, -0.2) is 15.8 Å². The van der Waals surface area contributed by atoms with Crippen LogP contribution in [0.1, 0.15) is 16.2 Å². The van der Waals surface area contributed by atoms with Crippen molar-refractivity contribution in [1.29, 1.82) is 0 Å². The van der Waals surface area contributed by atoms with E-state index in [0.717, 1.165) is 9.26 Å². The number of nitrogens with one attached hydrogen (secondary N) is 1. The van der Waals surface area contributed by atoms with Crippen molar-refractivity contribution in [1.82, 2.24) is 4.98 Å². The van der Waals surface area contributed by atoms with E-state index in [1.165, 1.54) is 18.2 Å². The zero-order valence-electron chi connectivity index (χ0n) is 13.0. The van der Waals surface area contributed by atoms with Gasteiger partial charge in [0.2, 0.25) is 0 Å². The number of anilines is 1. The Morgan fingerprint density at radius 3 is 2.76 bits per heavy atom. The average Bonchev–Trinajstić information content (AvgIpc) is 3.08. The number of aryl methyl sites for hydroxylation is 1. The number of hydrogen-bond acceptors (Lipinski definition) is 5. The molecule has 3 rings (SSSR count). The lowest BCUT2D eigenvalue weighted by Gasteiger charge is -2.04. The first-order valence-corrected chi connectivity index (χ1v) is 8.31. The molecule has 1 N–H and O–H groups in total. The van der Waals surface area contributed by atoms with Crippen LogP contribution in [0.2, 0.25) is 0 Å². The second-order valence-corrected chi connectivity index (χ2v) is 6.35. The summed E-state index contributed by atoms with van der Waals surface area (Å²) < 4.78 is 6.53. The summed E-state index contributed by atoms with van der Waals surface area (Å²) in [6, 6.07) is 12.7. The van der Waals surface area contributed by atoms with Crippen molar-refractivity contribution in [3.8, 4) is 11.3 Å². The maximum Gasteiger partial charge on any atom is 0.292 e. The molecule has 1 aromatic carbocycles. The van der Waals surface area contributed by atoms with Crippen LogP contribution >= 0.6 is 22.6 Å². The lowest BCUT2D eigenvalue weighted by Crippen LogP contribution is -2.12. The molecule has 0 unspecified atom stereocenters. The van der Waals surface area contributed by atoms with Gasteiger partial charge in [0.25, 0.3) is 11.6 Å². The number of benzene rings is 1. The summed E-state index contributed by atoms with van der Waals surface area (Å²) in [5.74, 6) is 0.459. The van der Waals surface area contributed by atoms with Gasteiger partial charge in [-0.25, -0.2) is 4.98 Å². The summed E-state index contributed by atoms with van der Waals surface area (Å²) in [6.07, 6.45) is 0. The summed E-state index contributed by atoms with van der Waals surface area (Å²) in [5, 5.41) is 13.5. The van der Waals surface area contributed by atoms with Gasteiger partial charge in [0.15, 0.2) is 5.76 Å². The van der Waals surface area contributed by atoms with E-state index in [1.807, 2.05) is 13.0 Å². The van der Waals surface area contributed by atoms with Crippen molar-refractivity contribution >= 4 is 40.0 Å². The Balaban J connectivity index is 1.81. The van der Waals surface area contributed by atoms with Gasteiger partial charge in [-0.2, -0.15) is 0 Å². The minimum Gasteiger partial charge on any atom is -0.451 e. The summed E-state index contributed by atoms with van der Waals surface area (Å²) in [5.41, 5.74) is 1.30. The van der Waals surface area contributed by atoms with E-state index in [1.54, 1.807) is 24.3 Å². The first-order valence-electron chi connectivity index (χ1n) is 7.23. The van der Waals surface area contributed by atoms with Crippen molar-refractivity contribution in [2.45, 2.75) is 6.92 Å². The van der Waals surface area contributed by atoms with E-state index in [-0.39, 0.29) is 11.4 Å². The van der Waals surface area contributed by atoms with Gasteiger partial charge in [0.05, 0.1) is 10.6 Å². The maximum atomic E-state index is 12.3. The molecule has 0 saturated carbocycles. The molecule has 0 fully saturated rings. The number of amides is 1. The third-order valence-electron chi connectivity index (χ3n) is 3.43. The second-order valence-electron chi connectivity index (χ2n) is 5.19. The maximum absolute atomic E-state index is 12.3. The molecule has 7 nitrogen and oxygen atoms in total. The number of rotatable bonds is 4. The van der Waals surface area contributed by atoms with Gasteiger partial charge in [-0.15, -0.1) is 0 Å². The fourth-order valence-corrected chi connectivity index (χ4v) is 2.48. The molecule has 25 heavy (non-hydrogen) atoms. The Labute approximate surface area is 156 Å². The molecule has 0 aliphatic carbocycles. The standard InChI is InChI=1S/C17H12IN3O4/c1-10-13(18)5-8-16(19-10)20-17(22)15-7-6-14(25-15)11-3-2-4-12(9-11)21(23)24/h2-9H,1H3,(H,19,20,22). The van der Waals surface area contributed by atoms with Crippen molar-refractivity contribution in [3.05, 3.63) is 73.7 Å². The van der Waals surface area contributed by atoms with E-state index in [4.69, 9.17) is 4.42 Å². The van der Waals surface area contributed by atoms with Crippen LogP contribution in [0.5, 0.6) is 0 Å². The van der Waals surface area contributed by atoms with E-state index >= 15 is 0 Å². The van der Waals surface area contributed by atoms with Crippen molar-refractivity contribution in [2.75, 3.05) is 5.32 Å². The molecular weight excluding hydrogens is 437 g/mol. The number of nitro benzene ring substituents is 1. The number of carbonyl (C=O) groups excluding carboxylic acids is 1. The molecule has 2 heterocycles. The summed E-state index contributed by atoms with van der Waals surface area (Å²) in [4.78, 5) is 26.9. The third-order valence-corrected chi connectivity index (χ3v) is 4.57. The van der Waals surface area contributed by atoms with E-state index in [2.05, 4.69) is 32.9 Å². The fraction of sp³-hybridized carbons (Fsp3) is 0.0588. The number of halogens is 1. The quantitative estimate of drug-likeness (QED) is 0.362. The van der Waals surface area contributed by atoms with Crippen LogP contribution in [0, 0.1) is 20.6 Å². The monoisotopic (exact) mass is 449 g/mol. The van der Waals surface area contributed by atoms with Gasteiger partial charge in [-0.05, 0) is 53.8 Å². The van der Waals surface area contributed by atoms with Crippen LogP contribution in [0.25, 0.3) is 11.3 Å². The highest BCUT2D eigenvalue weighted by molar-refractivity contribution is 14.1. The van der Waals surface area contributed by atoms with Crippen molar-refractivity contribution in [3.63, 3.8) is 0 Å². The number of nitro groups is 1. The molecule has 2 aromatic heterocycles. The van der Waals surface area contributed by atoms with Crippen LogP contribution in [0.4, 0.5) is 11.5 Å². The van der Waals surface area contributed by atoms with Gasteiger partial charge < -0.3 is 9.73 Å². The molecule has 0 bridgehead atoms. The van der Waals surface area contributed by atoms with Gasteiger partial charge in [-0.1, -0.05) is 12.1 Å².